The van der Waals surface area contributed by atoms with Gasteiger partial charge < -0.3 is 9.52 Å². The van der Waals surface area contributed by atoms with Gasteiger partial charge in [0, 0.05) is 6.92 Å². The van der Waals surface area contributed by atoms with Crippen LogP contribution >= 0.6 is 0 Å². The van der Waals surface area contributed by atoms with Crippen LogP contribution in [0.5, 0.6) is 0 Å². The number of carboxylic acid groups (broad SMARTS) is 1. The van der Waals surface area contributed by atoms with Crippen LogP contribution in [0.1, 0.15) is 25.5 Å². The molecule has 1 rings (SSSR count). The average molecular weight is 169 g/mol. The van der Waals surface area contributed by atoms with E-state index in [9.17, 15) is 4.79 Å². The molecule has 0 saturated heterocycles. The molecule has 12 heavy (non-hydrogen) atoms. The van der Waals surface area contributed by atoms with E-state index in [2.05, 4.69) is 4.98 Å². The summed E-state index contributed by atoms with van der Waals surface area (Å²) in [6, 6.07) is 0. The highest BCUT2D eigenvalue weighted by Gasteiger charge is 2.33. The Bertz CT molecular complexity index is 301. The third kappa shape index (κ3) is 1.32. The van der Waals surface area contributed by atoms with E-state index in [0.29, 0.717) is 11.7 Å². The molecular formula is C8H11NO3. The Morgan fingerprint density at radius 2 is 2.25 bits per heavy atom. The van der Waals surface area contributed by atoms with Crippen molar-refractivity contribution in [2.45, 2.75) is 26.2 Å². The first-order valence-corrected chi connectivity index (χ1v) is 3.61. The van der Waals surface area contributed by atoms with Crippen LogP contribution in [0.2, 0.25) is 0 Å². The van der Waals surface area contributed by atoms with Crippen molar-refractivity contribution < 1.29 is 14.3 Å². The second kappa shape index (κ2) is 2.62. The molecule has 0 aliphatic heterocycles. The number of nitrogens with zero attached hydrogens (tertiary/aromatic N) is 1. The lowest BCUT2D eigenvalue weighted by molar-refractivity contribution is -0.143. The van der Waals surface area contributed by atoms with Gasteiger partial charge >= 0.3 is 5.97 Å². The van der Waals surface area contributed by atoms with E-state index in [-0.39, 0.29) is 0 Å². The molecule has 0 atom stereocenters. The highest BCUT2D eigenvalue weighted by Crippen LogP contribution is 2.23. The Kier molecular flexibility index (Phi) is 1.92. The van der Waals surface area contributed by atoms with Crippen molar-refractivity contribution in [2.24, 2.45) is 0 Å². The number of hydrogen-bond acceptors (Lipinski definition) is 3. The number of carbonyl (C=O) groups is 1. The van der Waals surface area contributed by atoms with Gasteiger partial charge in [-0.3, -0.25) is 4.79 Å². The van der Waals surface area contributed by atoms with Crippen molar-refractivity contribution in [2.75, 3.05) is 0 Å². The number of carboxylic acids is 1. The van der Waals surface area contributed by atoms with E-state index in [1.54, 1.807) is 20.8 Å². The molecule has 0 spiro atoms. The van der Waals surface area contributed by atoms with Crippen molar-refractivity contribution in [3.63, 3.8) is 0 Å². The first-order valence-electron chi connectivity index (χ1n) is 3.61. The second-order valence-electron chi connectivity index (χ2n) is 3.17. The average Bonchev–Trinajstić information content (AvgIpc) is 2.35. The molecule has 0 bridgehead atoms. The lowest BCUT2D eigenvalue weighted by atomic mass is 9.91. The Balaban J connectivity index is 3.05. The summed E-state index contributed by atoms with van der Waals surface area (Å²) >= 11 is 0. The zero-order valence-corrected chi connectivity index (χ0v) is 7.29. The molecule has 0 aliphatic rings. The molecule has 0 fully saturated rings. The maximum absolute atomic E-state index is 10.7. The fourth-order valence-electron chi connectivity index (χ4n) is 0.756. The summed E-state index contributed by atoms with van der Waals surface area (Å²) in [5, 5.41) is 8.82. The van der Waals surface area contributed by atoms with Gasteiger partial charge in [0.1, 0.15) is 11.2 Å². The van der Waals surface area contributed by atoms with Gasteiger partial charge in [0.2, 0.25) is 0 Å². The van der Waals surface area contributed by atoms with E-state index in [1.165, 1.54) is 6.20 Å². The molecule has 0 saturated carbocycles. The molecule has 1 N–H and O–H groups in total. The van der Waals surface area contributed by atoms with Gasteiger partial charge in [-0.1, -0.05) is 0 Å². The van der Waals surface area contributed by atoms with Crippen LogP contribution in [0.25, 0.3) is 0 Å². The number of rotatable bonds is 2. The van der Waals surface area contributed by atoms with Gasteiger partial charge in [-0.15, -0.1) is 0 Å². The maximum Gasteiger partial charge on any atom is 0.316 e. The lowest BCUT2D eigenvalue weighted by Gasteiger charge is -2.14. The summed E-state index contributed by atoms with van der Waals surface area (Å²) in [7, 11) is 0. The molecule has 1 aromatic rings. The van der Waals surface area contributed by atoms with Gasteiger partial charge in [0.05, 0.1) is 6.20 Å². The Hall–Kier alpha value is -1.32. The summed E-state index contributed by atoms with van der Waals surface area (Å²) in [4.78, 5) is 14.6. The standard InChI is InChI=1S/C8H11NO3/c1-5-9-4-6(12-5)8(2,3)7(10)11/h4H,1-3H3,(H,10,11). The van der Waals surface area contributed by atoms with Crippen LogP contribution < -0.4 is 0 Å². The van der Waals surface area contributed by atoms with Crippen LogP contribution in [-0.4, -0.2) is 16.1 Å². The van der Waals surface area contributed by atoms with E-state index in [4.69, 9.17) is 9.52 Å². The molecular weight excluding hydrogens is 158 g/mol. The molecule has 0 aliphatic carbocycles. The third-order valence-corrected chi connectivity index (χ3v) is 1.77. The van der Waals surface area contributed by atoms with E-state index < -0.39 is 11.4 Å². The minimum Gasteiger partial charge on any atom is -0.481 e. The van der Waals surface area contributed by atoms with Gasteiger partial charge in [-0.05, 0) is 13.8 Å². The van der Waals surface area contributed by atoms with Crippen LogP contribution in [0.4, 0.5) is 0 Å². The van der Waals surface area contributed by atoms with Crippen molar-refractivity contribution in [1.82, 2.24) is 4.98 Å². The normalized spacial score (nSPS) is 11.6. The number of oxazole rings is 1. The number of aliphatic carboxylic acids is 1. The lowest BCUT2D eigenvalue weighted by Crippen LogP contribution is -2.27. The monoisotopic (exact) mass is 169 g/mol. The van der Waals surface area contributed by atoms with E-state index >= 15 is 0 Å². The molecule has 66 valence electrons. The SMILES string of the molecule is Cc1ncc(C(C)(C)C(=O)O)o1. The van der Waals surface area contributed by atoms with Crippen LogP contribution in [0.3, 0.4) is 0 Å². The largest absolute Gasteiger partial charge is 0.481 e. The van der Waals surface area contributed by atoms with Crippen molar-refractivity contribution in [3.8, 4) is 0 Å². The molecule has 0 amide bonds. The Morgan fingerprint density at radius 3 is 2.58 bits per heavy atom. The predicted molar refractivity (Wildman–Crippen MR) is 41.9 cm³/mol. The van der Waals surface area contributed by atoms with E-state index in [1.807, 2.05) is 0 Å². The summed E-state index contributed by atoms with van der Waals surface area (Å²) in [5.74, 6) is -0.0505. The van der Waals surface area contributed by atoms with Crippen molar-refractivity contribution in [3.05, 3.63) is 17.8 Å². The van der Waals surface area contributed by atoms with Gasteiger partial charge in [0.15, 0.2) is 5.89 Å². The third-order valence-electron chi connectivity index (χ3n) is 1.77. The molecule has 1 aromatic heterocycles. The number of hydrogen-bond donors (Lipinski definition) is 1. The van der Waals surface area contributed by atoms with Gasteiger partial charge in [0.25, 0.3) is 0 Å². The van der Waals surface area contributed by atoms with Gasteiger partial charge in [-0.25, -0.2) is 4.98 Å². The predicted octanol–water partition coefficient (Wildman–Crippen LogP) is 1.35. The minimum atomic E-state index is -0.999. The van der Waals surface area contributed by atoms with Crippen molar-refractivity contribution >= 4 is 5.97 Å². The highest BCUT2D eigenvalue weighted by atomic mass is 16.4. The molecule has 4 heteroatoms. The van der Waals surface area contributed by atoms with Crippen LogP contribution in [0.15, 0.2) is 10.6 Å². The van der Waals surface area contributed by atoms with E-state index in [0.717, 1.165) is 0 Å². The second-order valence-corrected chi connectivity index (χ2v) is 3.17. The molecule has 1 heterocycles. The summed E-state index contributed by atoms with van der Waals surface area (Å²) in [6.45, 7) is 4.84. The molecule has 0 unspecified atom stereocenters. The zero-order chi connectivity index (χ0) is 9.35. The van der Waals surface area contributed by atoms with Crippen LogP contribution in [0, 0.1) is 6.92 Å². The fraction of sp³-hybridized carbons (Fsp3) is 0.500. The Morgan fingerprint density at radius 1 is 1.67 bits per heavy atom. The minimum absolute atomic E-state index is 0.382. The highest BCUT2D eigenvalue weighted by molar-refractivity contribution is 5.79. The van der Waals surface area contributed by atoms with Crippen LogP contribution in [-0.2, 0) is 10.2 Å². The zero-order valence-electron chi connectivity index (χ0n) is 7.29. The maximum atomic E-state index is 10.7. The quantitative estimate of drug-likeness (QED) is 0.725. The molecule has 4 nitrogen and oxygen atoms in total. The number of aryl methyl sites for hydroxylation is 1. The summed E-state index contributed by atoms with van der Waals surface area (Å²) in [6.07, 6.45) is 1.45. The number of aromatic nitrogens is 1. The first kappa shape index (κ1) is 8.77. The first-order chi connectivity index (χ1) is 5.44. The Labute approximate surface area is 70.2 Å². The van der Waals surface area contributed by atoms with Gasteiger partial charge in [-0.2, -0.15) is 0 Å². The topological polar surface area (TPSA) is 63.3 Å². The van der Waals surface area contributed by atoms with Crippen molar-refractivity contribution in [1.29, 1.82) is 0 Å². The smallest absolute Gasteiger partial charge is 0.316 e. The molecule has 0 aromatic carbocycles. The summed E-state index contributed by atoms with van der Waals surface area (Å²) in [5.41, 5.74) is -0.999. The molecule has 0 radical (unpaired) electrons. The summed E-state index contributed by atoms with van der Waals surface area (Å²) < 4.78 is 5.12. The fourth-order valence-corrected chi connectivity index (χ4v) is 0.756.